The number of hydrogen-bond acceptors (Lipinski definition) is 6. The van der Waals surface area contributed by atoms with E-state index in [1.807, 2.05) is 29.2 Å². The fourth-order valence-electron chi connectivity index (χ4n) is 3.43. The second-order valence-electron chi connectivity index (χ2n) is 7.39. The molecule has 1 fully saturated rings. The summed E-state index contributed by atoms with van der Waals surface area (Å²) in [6.07, 6.45) is 0. The molecule has 1 aromatic heterocycles. The molecule has 0 atom stereocenters. The summed E-state index contributed by atoms with van der Waals surface area (Å²) >= 11 is 2.84. The minimum absolute atomic E-state index is 0.00911. The molecule has 2 aromatic carbocycles. The molecule has 0 spiro atoms. The van der Waals surface area contributed by atoms with Crippen molar-refractivity contribution in [1.82, 2.24) is 14.8 Å². The van der Waals surface area contributed by atoms with Crippen LogP contribution in [0, 0.1) is 11.6 Å². The number of carbonyl (C=O) groups is 1. The molecule has 168 valence electrons. The monoisotopic (exact) mass is 475 g/mol. The maximum absolute atomic E-state index is 13.3. The summed E-state index contributed by atoms with van der Waals surface area (Å²) in [5.74, 6) is -0.736. The number of piperazine rings is 1. The lowest BCUT2D eigenvalue weighted by Gasteiger charge is -2.34. The van der Waals surface area contributed by atoms with Crippen LogP contribution >= 0.6 is 23.1 Å². The van der Waals surface area contributed by atoms with E-state index >= 15 is 0 Å². The van der Waals surface area contributed by atoms with E-state index in [0.29, 0.717) is 18.0 Å². The summed E-state index contributed by atoms with van der Waals surface area (Å²) in [6.45, 7) is 3.59. The smallest absolute Gasteiger partial charge is 0.233 e. The van der Waals surface area contributed by atoms with Crippen LogP contribution in [0.15, 0.2) is 52.7 Å². The molecule has 4 rings (SSSR count). The van der Waals surface area contributed by atoms with Gasteiger partial charge in [0, 0.05) is 48.6 Å². The second kappa shape index (κ2) is 10.4. The summed E-state index contributed by atoms with van der Waals surface area (Å²) in [5, 5.41) is 3.06. The van der Waals surface area contributed by atoms with Gasteiger partial charge >= 0.3 is 0 Å². The first-order chi connectivity index (χ1) is 15.5. The SMILES string of the molecule is COc1ccc(-c2nc(CN3CCN(C(=O)CSc4ccc(F)c(F)c4)CC3)cs2)cc1. The predicted molar refractivity (Wildman–Crippen MR) is 123 cm³/mol. The molecule has 3 aromatic rings. The van der Waals surface area contributed by atoms with Gasteiger partial charge in [-0.15, -0.1) is 23.1 Å². The molecule has 0 saturated carbocycles. The molecular formula is C23H23F2N3O2S2. The van der Waals surface area contributed by atoms with E-state index in [0.717, 1.165) is 53.8 Å². The third-order valence-corrected chi connectivity index (χ3v) is 7.17. The zero-order valence-corrected chi connectivity index (χ0v) is 19.2. The van der Waals surface area contributed by atoms with Gasteiger partial charge in [0.05, 0.1) is 18.6 Å². The Kier molecular flexibility index (Phi) is 7.39. The summed E-state index contributed by atoms with van der Waals surface area (Å²) in [6, 6.07) is 11.6. The maximum atomic E-state index is 13.3. The van der Waals surface area contributed by atoms with Gasteiger partial charge in [-0.3, -0.25) is 9.69 Å². The van der Waals surface area contributed by atoms with Crippen LogP contribution in [0.5, 0.6) is 5.75 Å². The van der Waals surface area contributed by atoms with Crippen LogP contribution in [0.25, 0.3) is 10.6 Å². The topological polar surface area (TPSA) is 45.7 Å². The number of nitrogens with zero attached hydrogens (tertiary/aromatic N) is 3. The first kappa shape index (κ1) is 22.7. The van der Waals surface area contributed by atoms with Crippen LogP contribution < -0.4 is 4.74 Å². The quantitative estimate of drug-likeness (QED) is 0.470. The van der Waals surface area contributed by atoms with E-state index < -0.39 is 11.6 Å². The lowest BCUT2D eigenvalue weighted by atomic mass is 10.2. The summed E-state index contributed by atoms with van der Waals surface area (Å²) in [7, 11) is 1.65. The standard InChI is InChI=1S/C23H23F2N3O2S2/c1-30-18-4-2-16(3-5-18)23-26-17(14-32-23)13-27-8-10-28(11-9-27)22(29)15-31-19-6-7-20(24)21(25)12-19/h2-7,12,14H,8-11,13,15H2,1H3. The number of thiazole rings is 1. The highest BCUT2D eigenvalue weighted by Gasteiger charge is 2.22. The molecular weight excluding hydrogens is 452 g/mol. The Labute approximate surface area is 194 Å². The number of ether oxygens (including phenoxy) is 1. The zero-order valence-electron chi connectivity index (χ0n) is 17.6. The van der Waals surface area contributed by atoms with Gasteiger partial charge in [0.15, 0.2) is 11.6 Å². The van der Waals surface area contributed by atoms with E-state index in [1.54, 1.807) is 18.4 Å². The number of halogens is 2. The number of aromatic nitrogens is 1. The Morgan fingerprint density at radius 1 is 1.09 bits per heavy atom. The second-order valence-corrected chi connectivity index (χ2v) is 9.30. The third kappa shape index (κ3) is 5.65. The predicted octanol–water partition coefficient (Wildman–Crippen LogP) is 4.53. The van der Waals surface area contributed by atoms with Gasteiger partial charge in [-0.2, -0.15) is 0 Å². The lowest BCUT2D eigenvalue weighted by molar-refractivity contribution is -0.130. The van der Waals surface area contributed by atoms with Crippen LogP contribution in [0.2, 0.25) is 0 Å². The van der Waals surface area contributed by atoms with Gasteiger partial charge in [-0.1, -0.05) is 0 Å². The number of carbonyl (C=O) groups excluding carboxylic acids is 1. The Morgan fingerprint density at radius 3 is 2.53 bits per heavy atom. The molecule has 32 heavy (non-hydrogen) atoms. The normalized spacial score (nSPS) is 14.5. The van der Waals surface area contributed by atoms with Crippen molar-refractivity contribution >= 4 is 29.0 Å². The average molecular weight is 476 g/mol. The van der Waals surface area contributed by atoms with E-state index in [1.165, 1.54) is 17.8 Å². The Hall–Kier alpha value is -2.49. The van der Waals surface area contributed by atoms with Crippen molar-refractivity contribution < 1.29 is 18.3 Å². The Bertz CT molecular complexity index is 1070. The van der Waals surface area contributed by atoms with Crippen molar-refractivity contribution in [2.75, 3.05) is 39.0 Å². The molecule has 0 bridgehead atoms. The largest absolute Gasteiger partial charge is 0.497 e. The number of hydrogen-bond donors (Lipinski definition) is 0. The fourth-order valence-corrected chi connectivity index (χ4v) is 5.07. The molecule has 9 heteroatoms. The minimum atomic E-state index is -0.895. The zero-order chi connectivity index (χ0) is 22.5. The molecule has 1 amide bonds. The summed E-state index contributed by atoms with van der Waals surface area (Å²) in [4.78, 5) is 21.9. The summed E-state index contributed by atoms with van der Waals surface area (Å²) in [5.41, 5.74) is 2.09. The molecule has 1 aliphatic rings. The lowest BCUT2D eigenvalue weighted by Crippen LogP contribution is -2.48. The molecule has 0 radical (unpaired) electrons. The molecule has 5 nitrogen and oxygen atoms in total. The van der Waals surface area contributed by atoms with Crippen LogP contribution in [0.1, 0.15) is 5.69 Å². The molecule has 0 unspecified atom stereocenters. The third-order valence-electron chi connectivity index (χ3n) is 5.25. The number of methoxy groups -OCH3 is 1. The van der Waals surface area contributed by atoms with Gasteiger partial charge in [-0.05, 0) is 42.5 Å². The van der Waals surface area contributed by atoms with Crippen molar-refractivity contribution in [1.29, 1.82) is 0 Å². The molecule has 0 N–H and O–H groups in total. The van der Waals surface area contributed by atoms with Crippen molar-refractivity contribution in [3.63, 3.8) is 0 Å². The molecule has 1 saturated heterocycles. The maximum Gasteiger partial charge on any atom is 0.233 e. The van der Waals surface area contributed by atoms with Gasteiger partial charge in [0.1, 0.15) is 10.8 Å². The number of amides is 1. The van der Waals surface area contributed by atoms with Crippen molar-refractivity contribution in [3.8, 4) is 16.3 Å². The van der Waals surface area contributed by atoms with Crippen LogP contribution in [0.4, 0.5) is 8.78 Å². The van der Waals surface area contributed by atoms with Crippen LogP contribution in [-0.4, -0.2) is 59.7 Å². The molecule has 0 aliphatic carbocycles. The van der Waals surface area contributed by atoms with Gasteiger partial charge < -0.3 is 9.64 Å². The average Bonchev–Trinajstić information content (AvgIpc) is 3.28. The van der Waals surface area contributed by atoms with Crippen molar-refractivity contribution in [3.05, 3.63) is 65.2 Å². The highest BCUT2D eigenvalue weighted by Crippen LogP contribution is 2.26. The van der Waals surface area contributed by atoms with Gasteiger partial charge in [-0.25, -0.2) is 13.8 Å². The van der Waals surface area contributed by atoms with E-state index in [4.69, 9.17) is 9.72 Å². The van der Waals surface area contributed by atoms with E-state index in [2.05, 4.69) is 10.3 Å². The van der Waals surface area contributed by atoms with Crippen LogP contribution in [-0.2, 0) is 11.3 Å². The molecule has 1 aliphatic heterocycles. The Balaban J connectivity index is 1.24. The summed E-state index contributed by atoms with van der Waals surface area (Å²) < 4.78 is 31.5. The van der Waals surface area contributed by atoms with Crippen molar-refractivity contribution in [2.45, 2.75) is 11.4 Å². The van der Waals surface area contributed by atoms with E-state index in [-0.39, 0.29) is 11.7 Å². The van der Waals surface area contributed by atoms with Gasteiger partial charge in [0.25, 0.3) is 0 Å². The highest BCUT2D eigenvalue weighted by molar-refractivity contribution is 8.00. The van der Waals surface area contributed by atoms with E-state index in [9.17, 15) is 13.6 Å². The Morgan fingerprint density at radius 2 is 1.84 bits per heavy atom. The number of rotatable bonds is 7. The van der Waals surface area contributed by atoms with Crippen LogP contribution in [0.3, 0.4) is 0 Å². The number of benzene rings is 2. The highest BCUT2D eigenvalue weighted by atomic mass is 32.2. The first-order valence-electron chi connectivity index (χ1n) is 10.2. The van der Waals surface area contributed by atoms with Crippen molar-refractivity contribution in [2.24, 2.45) is 0 Å². The minimum Gasteiger partial charge on any atom is -0.497 e. The number of thioether (sulfide) groups is 1. The van der Waals surface area contributed by atoms with Gasteiger partial charge in [0.2, 0.25) is 5.91 Å². The fraction of sp³-hybridized carbons (Fsp3) is 0.304. The first-order valence-corrected chi connectivity index (χ1v) is 12.0. The molecule has 2 heterocycles.